The fourth-order valence-corrected chi connectivity index (χ4v) is 3.91. The molecule has 0 fully saturated rings. The first kappa shape index (κ1) is 15.6. The maximum Gasteiger partial charge on any atom is 0.252 e. The number of pyridine rings is 1. The zero-order valence-electron chi connectivity index (χ0n) is 12.4. The van der Waals surface area contributed by atoms with Crippen molar-refractivity contribution in [3.8, 4) is 0 Å². The van der Waals surface area contributed by atoms with Crippen LogP contribution in [0.3, 0.4) is 0 Å². The van der Waals surface area contributed by atoms with E-state index in [1.165, 1.54) is 10.4 Å². The molecule has 0 radical (unpaired) electrons. The van der Waals surface area contributed by atoms with E-state index in [0.29, 0.717) is 18.2 Å². The normalized spacial score (nSPS) is 16.1. The van der Waals surface area contributed by atoms with Gasteiger partial charge in [-0.15, -0.1) is 11.3 Å². The summed E-state index contributed by atoms with van der Waals surface area (Å²) in [4.78, 5) is 20.1. The first-order chi connectivity index (χ1) is 10.6. The summed E-state index contributed by atoms with van der Waals surface area (Å²) in [6.07, 6.45) is 4.37. The van der Waals surface area contributed by atoms with E-state index in [1.807, 2.05) is 11.3 Å². The molecular formula is C16H18BrN3OS. The van der Waals surface area contributed by atoms with Gasteiger partial charge in [0, 0.05) is 47.4 Å². The van der Waals surface area contributed by atoms with E-state index in [1.54, 1.807) is 18.5 Å². The minimum Gasteiger partial charge on any atom is -0.350 e. The summed E-state index contributed by atoms with van der Waals surface area (Å²) in [7, 11) is 0. The fourth-order valence-electron chi connectivity index (χ4n) is 2.65. The van der Waals surface area contributed by atoms with Crippen molar-refractivity contribution >= 4 is 33.2 Å². The summed E-state index contributed by atoms with van der Waals surface area (Å²) >= 11 is 5.18. The Bertz CT molecular complexity index is 673. The summed E-state index contributed by atoms with van der Waals surface area (Å²) < 4.78 is 0.814. The average Bonchev–Trinajstić information content (AvgIpc) is 2.99. The Labute approximate surface area is 142 Å². The molecule has 3 heterocycles. The van der Waals surface area contributed by atoms with Crippen LogP contribution in [0.4, 0.5) is 0 Å². The molecule has 0 aliphatic carbocycles. The van der Waals surface area contributed by atoms with Crippen LogP contribution in [-0.4, -0.2) is 34.9 Å². The molecule has 116 valence electrons. The summed E-state index contributed by atoms with van der Waals surface area (Å²) in [5.74, 6) is -0.0751. The number of nitrogens with zero attached hydrogens (tertiary/aromatic N) is 2. The predicted molar refractivity (Wildman–Crippen MR) is 92.2 cm³/mol. The molecule has 0 saturated carbocycles. The van der Waals surface area contributed by atoms with Gasteiger partial charge in [-0.2, -0.15) is 0 Å². The highest BCUT2D eigenvalue weighted by molar-refractivity contribution is 9.10. The number of rotatable bonds is 4. The Morgan fingerprint density at radius 2 is 2.41 bits per heavy atom. The second kappa shape index (κ2) is 6.89. The SMILES string of the molecule is C[C@H](CNC(=O)c1cncc(Br)c1)N1CCc2sccc2C1. The Morgan fingerprint density at radius 3 is 3.23 bits per heavy atom. The van der Waals surface area contributed by atoms with Crippen LogP contribution in [0.2, 0.25) is 0 Å². The van der Waals surface area contributed by atoms with Gasteiger partial charge in [0.25, 0.3) is 5.91 Å². The van der Waals surface area contributed by atoms with Gasteiger partial charge >= 0.3 is 0 Å². The standard InChI is InChI=1S/C16H18BrN3OS/c1-11(20-4-2-15-12(10-20)3-5-22-15)7-19-16(21)13-6-14(17)9-18-8-13/h3,5-6,8-9,11H,2,4,7,10H2,1H3,(H,19,21)/t11-/m1/s1. The molecular weight excluding hydrogens is 362 g/mol. The Hall–Kier alpha value is -1.24. The third-order valence-corrected chi connectivity index (χ3v) is 5.44. The number of carbonyl (C=O) groups excluding carboxylic acids is 1. The number of carbonyl (C=O) groups is 1. The molecule has 0 spiro atoms. The minimum absolute atomic E-state index is 0.0751. The molecule has 2 aromatic heterocycles. The summed E-state index contributed by atoms with van der Waals surface area (Å²) in [5.41, 5.74) is 2.02. The third kappa shape index (κ3) is 3.56. The van der Waals surface area contributed by atoms with E-state index < -0.39 is 0 Å². The van der Waals surface area contributed by atoms with Gasteiger partial charge in [0.15, 0.2) is 0 Å². The topological polar surface area (TPSA) is 45.2 Å². The highest BCUT2D eigenvalue weighted by Crippen LogP contribution is 2.24. The van der Waals surface area contributed by atoms with E-state index in [2.05, 4.69) is 49.5 Å². The van der Waals surface area contributed by atoms with Gasteiger partial charge in [-0.05, 0) is 52.4 Å². The number of halogens is 1. The largest absolute Gasteiger partial charge is 0.350 e. The molecule has 1 amide bonds. The molecule has 1 atom stereocenters. The lowest BCUT2D eigenvalue weighted by Gasteiger charge is -2.32. The van der Waals surface area contributed by atoms with Crippen molar-refractivity contribution < 1.29 is 4.79 Å². The average molecular weight is 380 g/mol. The number of amides is 1. The lowest BCUT2D eigenvalue weighted by atomic mass is 10.1. The van der Waals surface area contributed by atoms with Crippen molar-refractivity contribution in [2.75, 3.05) is 13.1 Å². The van der Waals surface area contributed by atoms with Crippen molar-refractivity contribution in [2.24, 2.45) is 0 Å². The molecule has 0 saturated heterocycles. The number of aromatic nitrogens is 1. The molecule has 0 bridgehead atoms. The number of hydrogen-bond donors (Lipinski definition) is 1. The van der Waals surface area contributed by atoms with E-state index in [-0.39, 0.29) is 5.91 Å². The van der Waals surface area contributed by atoms with Gasteiger partial charge in [0.05, 0.1) is 5.56 Å². The Balaban J connectivity index is 1.54. The van der Waals surface area contributed by atoms with Crippen LogP contribution >= 0.6 is 27.3 Å². The zero-order valence-corrected chi connectivity index (χ0v) is 14.8. The van der Waals surface area contributed by atoms with E-state index in [0.717, 1.165) is 24.0 Å². The summed E-state index contributed by atoms with van der Waals surface area (Å²) in [5, 5.41) is 5.17. The number of fused-ring (bicyclic) bond motifs is 1. The summed E-state index contributed by atoms with van der Waals surface area (Å²) in [6, 6.07) is 4.31. The molecule has 1 aliphatic heterocycles. The van der Waals surface area contributed by atoms with Crippen LogP contribution < -0.4 is 5.32 Å². The summed E-state index contributed by atoms with van der Waals surface area (Å²) in [6.45, 7) is 4.85. The highest BCUT2D eigenvalue weighted by Gasteiger charge is 2.21. The second-order valence-electron chi connectivity index (χ2n) is 5.54. The highest BCUT2D eigenvalue weighted by atomic mass is 79.9. The van der Waals surface area contributed by atoms with Crippen LogP contribution in [0.25, 0.3) is 0 Å². The van der Waals surface area contributed by atoms with Crippen LogP contribution in [-0.2, 0) is 13.0 Å². The first-order valence-corrected chi connectivity index (χ1v) is 8.99. The van der Waals surface area contributed by atoms with Gasteiger partial charge in [-0.3, -0.25) is 14.7 Å². The maximum absolute atomic E-state index is 12.2. The molecule has 2 aromatic rings. The van der Waals surface area contributed by atoms with Gasteiger partial charge < -0.3 is 5.32 Å². The lowest BCUT2D eigenvalue weighted by molar-refractivity contribution is 0.0932. The number of nitrogens with one attached hydrogen (secondary N) is 1. The molecule has 0 aromatic carbocycles. The molecule has 1 N–H and O–H groups in total. The van der Waals surface area contributed by atoms with Crippen molar-refractivity contribution in [1.29, 1.82) is 0 Å². The molecule has 0 unspecified atom stereocenters. The van der Waals surface area contributed by atoms with E-state index in [9.17, 15) is 4.79 Å². The number of hydrogen-bond acceptors (Lipinski definition) is 4. The van der Waals surface area contributed by atoms with E-state index >= 15 is 0 Å². The molecule has 6 heteroatoms. The number of thiophene rings is 1. The van der Waals surface area contributed by atoms with Crippen LogP contribution in [0, 0.1) is 0 Å². The molecule has 3 rings (SSSR count). The van der Waals surface area contributed by atoms with Crippen molar-refractivity contribution in [2.45, 2.75) is 25.9 Å². The fraction of sp³-hybridized carbons (Fsp3) is 0.375. The smallest absolute Gasteiger partial charge is 0.252 e. The van der Waals surface area contributed by atoms with Crippen molar-refractivity contribution in [3.63, 3.8) is 0 Å². The Kier molecular flexibility index (Phi) is 4.90. The van der Waals surface area contributed by atoms with Crippen molar-refractivity contribution in [3.05, 3.63) is 50.4 Å². The quantitative estimate of drug-likeness (QED) is 0.887. The molecule has 22 heavy (non-hydrogen) atoms. The van der Waals surface area contributed by atoms with E-state index in [4.69, 9.17) is 0 Å². The van der Waals surface area contributed by atoms with Crippen LogP contribution in [0.1, 0.15) is 27.7 Å². The van der Waals surface area contributed by atoms with Gasteiger partial charge in [0.1, 0.15) is 0 Å². The first-order valence-electron chi connectivity index (χ1n) is 7.31. The molecule has 1 aliphatic rings. The van der Waals surface area contributed by atoms with Gasteiger partial charge in [-0.25, -0.2) is 0 Å². The minimum atomic E-state index is -0.0751. The third-order valence-electron chi connectivity index (χ3n) is 3.99. The van der Waals surface area contributed by atoms with Crippen molar-refractivity contribution in [1.82, 2.24) is 15.2 Å². The van der Waals surface area contributed by atoms with Gasteiger partial charge in [0.2, 0.25) is 0 Å². The Morgan fingerprint density at radius 1 is 1.55 bits per heavy atom. The van der Waals surface area contributed by atoms with Gasteiger partial charge in [-0.1, -0.05) is 0 Å². The zero-order chi connectivity index (χ0) is 15.5. The lowest BCUT2D eigenvalue weighted by Crippen LogP contribution is -2.44. The second-order valence-corrected chi connectivity index (χ2v) is 7.46. The maximum atomic E-state index is 12.2. The van der Waals surface area contributed by atoms with Crippen LogP contribution in [0.5, 0.6) is 0 Å². The molecule has 4 nitrogen and oxygen atoms in total. The van der Waals surface area contributed by atoms with Crippen LogP contribution in [0.15, 0.2) is 34.4 Å². The monoisotopic (exact) mass is 379 g/mol. The predicted octanol–water partition coefficient (Wildman–Crippen LogP) is 3.08.